The average molecular weight is 238 g/mol. The molecule has 0 bridgehead atoms. The van der Waals surface area contributed by atoms with Crippen molar-refractivity contribution in [2.24, 2.45) is 0 Å². The molecule has 1 heterocycles. The topological polar surface area (TPSA) is 41.6 Å². The summed E-state index contributed by atoms with van der Waals surface area (Å²) < 4.78 is 5.50. The summed E-state index contributed by atoms with van der Waals surface area (Å²) in [7, 11) is 1.77. The zero-order chi connectivity index (χ0) is 11.8. The van der Waals surface area contributed by atoms with Gasteiger partial charge in [-0.15, -0.1) is 0 Å². The van der Waals surface area contributed by atoms with Crippen molar-refractivity contribution in [3.63, 3.8) is 0 Å². The minimum Gasteiger partial charge on any atom is -0.379 e. The van der Waals surface area contributed by atoms with Gasteiger partial charge in [0.25, 0.3) is 0 Å². The van der Waals surface area contributed by atoms with E-state index < -0.39 is 0 Å². The first kappa shape index (κ1) is 11.5. The van der Waals surface area contributed by atoms with Gasteiger partial charge in [0.05, 0.1) is 18.2 Å². The first-order valence-electron chi connectivity index (χ1n) is 6.89. The molecule has 3 aliphatic rings. The Morgan fingerprint density at radius 2 is 2.06 bits per heavy atom. The van der Waals surface area contributed by atoms with Crippen molar-refractivity contribution in [1.29, 1.82) is 0 Å². The summed E-state index contributed by atoms with van der Waals surface area (Å²) in [5.74, 6) is 0.311. The molecule has 4 nitrogen and oxygen atoms in total. The van der Waals surface area contributed by atoms with Gasteiger partial charge in [-0.2, -0.15) is 0 Å². The SMILES string of the molecule is COC1CCCC1N1CCC(NC2CC2)C1=O. The third kappa shape index (κ3) is 2.20. The lowest BCUT2D eigenvalue weighted by molar-refractivity contribution is -0.133. The lowest BCUT2D eigenvalue weighted by Gasteiger charge is -2.29. The van der Waals surface area contributed by atoms with Crippen LogP contribution in [0.5, 0.6) is 0 Å². The third-order valence-corrected chi connectivity index (χ3v) is 4.37. The number of carbonyl (C=O) groups excluding carboxylic acids is 1. The van der Waals surface area contributed by atoms with Crippen LogP contribution in [0, 0.1) is 0 Å². The first-order chi connectivity index (χ1) is 8.29. The van der Waals surface area contributed by atoms with Gasteiger partial charge in [-0.1, -0.05) is 0 Å². The smallest absolute Gasteiger partial charge is 0.240 e. The number of ether oxygens (including phenoxy) is 1. The Morgan fingerprint density at radius 3 is 2.76 bits per heavy atom. The van der Waals surface area contributed by atoms with Crippen LogP contribution in [-0.2, 0) is 9.53 Å². The van der Waals surface area contributed by atoms with Crippen LogP contribution in [0.4, 0.5) is 0 Å². The van der Waals surface area contributed by atoms with Crippen LogP contribution in [0.2, 0.25) is 0 Å². The molecule has 1 amide bonds. The van der Waals surface area contributed by atoms with E-state index in [0.717, 1.165) is 25.8 Å². The average Bonchev–Trinajstić information content (AvgIpc) is 2.90. The highest BCUT2D eigenvalue weighted by Gasteiger charge is 2.42. The number of rotatable bonds is 4. The second kappa shape index (κ2) is 4.58. The van der Waals surface area contributed by atoms with Crippen LogP contribution in [0.15, 0.2) is 0 Å². The molecule has 2 aliphatic carbocycles. The summed E-state index contributed by atoms with van der Waals surface area (Å²) in [4.78, 5) is 14.4. The molecule has 96 valence electrons. The molecular formula is C13H22N2O2. The Hall–Kier alpha value is -0.610. The maximum Gasteiger partial charge on any atom is 0.240 e. The standard InChI is InChI=1S/C13H22N2O2/c1-17-12-4-2-3-11(12)15-8-7-10(13(15)16)14-9-5-6-9/h9-12,14H,2-8H2,1H3. The zero-order valence-electron chi connectivity index (χ0n) is 10.5. The number of hydrogen-bond donors (Lipinski definition) is 1. The molecule has 0 aromatic rings. The summed E-state index contributed by atoms with van der Waals surface area (Å²) in [6.07, 6.45) is 7.13. The fraction of sp³-hybridized carbons (Fsp3) is 0.923. The molecule has 2 saturated carbocycles. The van der Waals surface area contributed by atoms with Gasteiger partial charge in [0, 0.05) is 19.7 Å². The van der Waals surface area contributed by atoms with Gasteiger partial charge in [-0.05, 0) is 38.5 Å². The molecular weight excluding hydrogens is 216 g/mol. The van der Waals surface area contributed by atoms with Crippen molar-refractivity contribution in [2.75, 3.05) is 13.7 Å². The molecule has 1 N–H and O–H groups in total. The summed E-state index contributed by atoms with van der Waals surface area (Å²) in [5, 5.41) is 3.46. The largest absolute Gasteiger partial charge is 0.379 e. The highest BCUT2D eigenvalue weighted by Crippen LogP contribution is 2.30. The van der Waals surface area contributed by atoms with Gasteiger partial charge in [0.1, 0.15) is 0 Å². The van der Waals surface area contributed by atoms with E-state index in [1.54, 1.807) is 7.11 Å². The molecule has 3 unspecified atom stereocenters. The van der Waals surface area contributed by atoms with E-state index in [9.17, 15) is 4.79 Å². The van der Waals surface area contributed by atoms with E-state index in [1.807, 2.05) is 0 Å². The van der Waals surface area contributed by atoms with Crippen molar-refractivity contribution in [1.82, 2.24) is 10.2 Å². The van der Waals surface area contributed by atoms with Crippen molar-refractivity contribution < 1.29 is 9.53 Å². The highest BCUT2D eigenvalue weighted by molar-refractivity contribution is 5.84. The molecule has 0 spiro atoms. The molecule has 0 radical (unpaired) electrons. The summed E-state index contributed by atoms with van der Waals surface area (Å²) in [5.41, 5.74) is 0. The van der Waals surface area contributed by atoms with Crippen LogP contribution in [-0.4, -0.2) is 48.7 Å². The van der Waals surface area contributed by atoms with Gasteiger partial charge in [0.15, 0.2) is 0 Å². The molecule has 1 aliphatic heterocycles. The maximum absolute atomic E-state index is 12.3. The number of amides is 1. The van der Waals surface area contributed by atoms with E-state index in [2.05, 4.69) is 10.2 Å². The Morgan fingerprint density at radius 1 is 1.24 bits per heavy atom. The molecule has 3 fully saturated rings. The van der Waals surface area contributed by atoms with Gasteiger partial charge in [-0.3, -0.25) is 4.79 Å². The van der Waals surface area contributed by atoms with E-state index in [1.165, 1.54) is 19.3 Å². The number of likely N-dealkylation sites (tertiary alicyclic amines) is 1. The van der Waals surface area contributed by atoms with Crippen molar-refractivity contribution in [2.45, 2.75) is 62.8 Å². The fourth-order valence-corrected chi connectivity index (χ4v) is 3.26. The molecule has 4 heteroatoms. The number of hydrogen-bond acceptors (Lipinski definition) is 3. The number of nitrogens with one attached hydrogen (secondary N) is 1. The quantitative estimate of drug-likeness (QED) is 0.791. The minimum absolute atomic E-state index is 0.0839. The Balaban J connectivity index is 1.62. The normalized spacial score (nSPS) is 38.1. The lowest BCUT2D eigenvalue weighted by Crippen LogP contribution is -2.46. The number of nitrogens with zero attached hydrogens (tertiary/aromatic N) is 1. The van der Waals surface area contributed by atoms with E-state index in [0.29, 0.717) is 18.0 Å². The van der Waals surface area contributed by atoms with Crippen LogP contribution >= 0.6 is 0 Å². The zero-order valence-corrected chi connectivity index (χ0v) is 10.5. The molecule has 1 saturated heterocycles. The van der Waals surface area contributed by atoms with Gasteiger partial charge < -0.3 is 15.0 Å². The van der Waals surface area contributed by atoms with Gasteiger partial charge in [0.2, 0.25) is 5.91 Å². The van der Waals surface area contributed by atoms with Crippen molar-refractivity contribution in [3.8, 4) is 0 Å². The minimum atomic E-state index is 0.0839. The van der Waals surface area contributed by atoms with Crippen LogP contribution in [0.3, 0.4) is 0 Å². The van der Waals surface area contributed by atoms with Gasteiger partial charge >= 0.3 is 0 Å². The van der Waals surface area contributed by atoms with E-state index >= 15 is 0 Å². The lowest BCUT2D eigenvalue weighted by atomic mass is 10.2. The third-order valence-electron chi connectivity index (χ3n) is 4.37. The summed E-state index contributed by atoms with van der Waals surface area (Å²) in [6.45, 7) is 0.910. The van der Waals surface area contributed by atoms with Crippen LogP contribution < -0.4 is 5.32 Å². The van der Waals surface area contributed by atoms with Crippen molar-refractivity contribution >= 4 is 5.91 Å². The first-order valence-corrected chi connectivity index (χ1v) is 6.89. The Labute approximate surface area is 103 Å². The van der Waals surface area contributed by atoms with Crippen LogP contribution in [0.1, 0.15) is 38.5 Å². The van der Waals surface area contributed by atoms with E-state index in [-0.39, 0.29) is 12.1 Å². The molecule has 3 rings (SSSR count). The Kier molecular flexibility index (Phi) is 3.09. The van der Waals surface area contributed by atoms with Crippen molar-refractivity contribution in [3.05, 3.63) is 0 Å². The van der Waals surface area contributed by atoms with Crippen LogP contribution in [0.25, 0.3) is 0 Å². The molecule has 0 aromatic heterocycles. The van der Waals surface area contributed by atoms with Gasteiger partial charge in [-0.25, -0.2) is 0 Å². The predicted octanol–water partition coefficient (Wildman–Crippen LogP) is 0.907. The maximum atomic E-state index is 12.3. The number of methoxy groups -OCH3 is 1. The predicted molar refractivity (Wildman–Crippen MR) is 64.7 cm³/mol. The monoisotopic (exact) mass is 238 g/mol. The second-order valence-corrected chi connectivity index (χ2v) is 5.59. The fourth-order valence-electron chi connectivity index (χ4n) is 3.26. The summed E-state index contributed by atoms with van der Waals surface area (Å²) >= 11 is 0. The molecule has 3 atom stereocenters. The van der Waals surface area contributed by atoms with E-state index in [4.69, 9.17) is 4.74 Å². The second-order valence-electron chi connectivity index (χ2n) is 5.59. The summed E-state index contributed by atoms with van der Waals surface area (Å²) in [6, 6.07) is 1.03. The molecule has 17 heavy (non-hydrogen) atoms. The highest BCUT2D eigenvalue weighted by atomic mass is 16.5. The Bertz CT molecular complexity index is 304. The molecule has 0 aromatic carbocycles. The number of carbonyl (C=O) groups is 1.